The van der Waals surface area contributed by atoms with Gasteiger partial charge in [-0.25, -0.2) is 4.79 Å². The van der Waals surface area contributed by atoms with E-state index in [2.05, 4.69) is 10.6 Å². The number of amides is 3. The molecule has 1 fully saturated rings. The Morgan fingerprint density at radius 3 is 2.65 bits per heavy atom. The summed E-state index contributed by atoms with van der Waals surface area (Å²) in [5, 5.41) is 14.3. The Kier molecular flexibility index (Phi) is 6.83. The molecule has 0 spiro atoms. The number of carbonyl (C=O) groups excluding carboxylic acids is 2. The molecule has 0 aliphatic carbocycles. The van der Waals surface area contributed by atoms with Gasteiger partial charge in [0.25, 0.3) is 0 Å². The number of carboxylic acid groups (broad SMARTS) is 1. The van der Waals surface area contributed by atoms with E-state index in [1.165, 1.54) is 4.90 Å². The van der Waals surface area contributed by atoms with Crippen molar-refractivity contribution < 1.29 is 19.5 Å². The maximum Gasteiger partial charge on any atom is 0.317 e. The van der Waals surface area contributed by atoms with Crippen LogP contribution in [0.1, 0.15) is 32.6 Å². The van der Waals surface area contributed by atoms with Gasteiger partial charge in [0.15, 0.2) is 0 Å². The first-order valence-corrected chi connectivity index (χ1v) is 7.06. The normalized spacial score (nSPS) is 18.4. The van der Waals surface area contributed by atoms with E-state index in [1.54, 1.807) is 0 Å². The van der Waals surface area contributed by atoms with Crippen LogP contribution in [-0.4, -0.2) is 54.1 Å². The highest BCUT2D eigenvalue weighted by Gasteiger charge is 2.27. The molecule has 7 heteroatoms. The van der Waals surface area contributed by atoms with Gasteiger partial charge in [-0.2, -0.15) is 0 Å². The van der Waals surface area contributed by atoms with Crippen molar-refractivity contribution in [3.8, 4) is 0 Å². The van der Waals surface area contributed by atoms with Gasteiger partial charge in [-0.3, -0.25) is 9.59 Å². The van der Waals surface area contributed by atoms with E-state index in [0.29, 0.717) is 25.9 Å². The van der Waals surface area contributed by atoms with Crippen LogP contribution in [0.4, 0.5) is 4.79 Å². The van der Waals surface area contributed by atoms with Gasteiger partial charge < -0.3 is 20.6 Å². The number of hydrogen-bond donors (Lipinski definition) is 3. The number of nitrogens with one attached hydrogen (secondary N) is 2. The number of carbonyl (C=O) groups is 3. The highest BCUT2D eigenvalue weighted by Crippen LogP contribution is 2.16. The van der Waals surface area contributed by atoms with Crippen LogP contribution >= 0.6 is 0 Å². The van der Waals surface area contributed by atoms with Crippen molar-refractivity contribution in [1.29, 1.82) is 0 Å². The zero-order chi connectivity index (χ0) is 15.0. The molecule has 1 rings (SSSR count). The van der Waals surface area contributed by atoms with Crippen molar-refractivity contribution in [3.63, 3.8) is 0 Å². The van der Waals surface area contributed by atoms with E-state index in [-0.39, 0.29) is 31.4 Å². The maximum absolute atomic E-state index is 11.9. The Morgan fingerprint density at radius 1 is 1.25 bits per heavy atom. The summed E-state index contributed by atoms with van der Waals surface area (Å²) in [7, 11) is 0. The molecular weight excluding hydrogens is 262 g/mol. The molecule has 20 heavy (non-hydrogen) atoms. The fourth-order valence-electron chi connectivity index (χ4n) is 2.11. The minimum absolute atomic E-state index is 0.0887. The average Bonchev–Trinajstić information content (AvgIpc) is 2.45. The zero-order valence-corrected chi connectivity index (χ0v) is 11.9. The number of urea groups is 1. The van der Waals surface area contributed by atoms with Gasteiger partial charge >= 0.3 is 12.0 Å². The number of aliphatic carboxylic acids is 1. The van der Waals surface area contributed by atoms with Gasteiger partial charge in [0.05, 0.1) is 5.92 Å². The third-order valence-corrected chi connectivity index (χ3v) is 3.26. The van der Waals surface area contributed by atoms with Crippen molar-refractivity contribution in [2.75, 3.05) is 26.2 Å². The molecule has 0 aromatic rings. The molecule has 7 nitrogen and oxygen atoms in total. The smallest absolute Gasteiger partial charge is 0.317 e. The average molecular weight is 285 g/mol. The molecule has 0 aromatic heterocycles. The summed E-state index contributed by atoms with van der Waals surface area (Å²) in [6, 6.07) is -0.292. The van der Waals surface area contributed by atoms with Gasteiger partial charge in [0, 0.05) is 32.6 Å². The van der Waals surface area contributed by atoms with Gasteiger partial charge in [-0.15, -0.1) is 0 Å². The Bertz CT molecular complexity index is 360. The van der Waals surface area contributed by atoms with Gasteiger partial charge in [-0.05, 0) is 19.3 Å². The predicted molar refractivity (Wildman–Crippen MR) is 73.2 cm³/mol. The molecule has 0 radical (unpaired) electrons. The molecule has 3 amide bonds. The standard InChI is InChI=1S/C13H23N3O4/c1-2-6-14-11(17)5-7-15-13(20)16-8-3-4-10(9-16)12(18)19/h10H,2-9H2,1H3,(H,14,17)(H,15,20)(H,18,19). The molecule has 114 valence electrons. The van der Waals surface area contributed by atoms with Crippen LogP contribution < -0.4 is 10.6 Å². The van der Waals surface area contributed by atoms with Crippen molar-refractivity contribution in [2.45, 2.75) is 32.6 Å². The molecule has 0 saturated carbocycles. The van der Waals surface area contributed by atoms with Crippen molar-refractivity contribution in [1.82, 2.24) is 15.5 Å². The van der Waals surface area contributed by atoms with Crippen LogP contribution in [0.2, 0.25) is 0 Å². The molecule has 1 unspecified atom stereocenters. The number of piperidine rings is 1. The van der Waals surface area contributed by atoms with Crippen LogP contribution in [0.3, 0.4) is 0 Å². The third kappa shape index (κ3) is 5.46. The number of likely N-dealkylation sites (tertiary alicyclic amines) is 1. The Morgan fingerprint density at radius 2 is 2.00 bits per heavy atom. The second-order valence-corrected chi connectivity index (χ2v) is 4.96. The highest BCUT2D eigenvalue weighted by atomic mass is 16.4. The Balaban J connectivity index is 2.25. The molecule has 1 atom stereocenters. The van der Waals surface area contributed by atoms with E-state index >= 15 is 0 Å². The summed E-state index contributed by atoms with van der Waals surface area (Å²) in [5.41, 5.74) is 0. The van der Waals surface area contributed by atoms with E-state index in [1.807, 2.05) is 6.92 Å². The quantitative estimate of drug-likeness (QED) is 0.658. The predicted octanol–water partition coefficient (Wildman–Crippen LogP) is 0.409. The highest BCUT2D eigenvalue weighted by molar-refractivity contribution is 5.79. The lowest BCUT2D eigenvalue weighted by molar-refractivity contribution is -0.143. The number of hydrogen-bond acceptors (Lipinski definition) is 3. The van der Waals surface area contributed by atoms with Gasteiger partial charge in [-0.1, -0.05) is 6.92 Å². The Labute approximate surface area is 118 Å². The summed E-state index contributed by atoms with van der Waals surface area (Å²) < 4.78 is 0. The molecule has 1 aliphatic rings. The molecule has 1 saturated heterocycles. The molecule has 0 aromatic carbocycles. The Hall–Kier alpha value is -1.79. The van der Waals surface area contributed by atoms with Crippen LogP contribution in [-0.2, 0) is 9.59 Å². The van der Waals surface area contributed by atoms with Gasteiger partial charge in [0.1, 0.15) is 0 Å². The lowest BCUT2D eigenvalue weighted by Gasteiger charge is -2.30. The molecule has 1 aliphatic heterocycles. The summed E-state index contributed by atoms with van der Waals surface area (Å²) in [6.45, 7) is 3.68. The minimum atomic E-state index is -0.860. The number of rotatable bonds is 6. The summed E-state index contributed by atoms with van der Waals surface area (Å²) in [4.78, 5) is 35.6. The monoisotopic (exact) mass is 285 g/mol. The molecular formula is C13H23N3O4. The summed E-state index contributed by atoms with van der Waals surface area (Å²) >= 11 is 0. The third-order valence-electron chi connectivity index (χ3n) is 3.26. The first-order valence-electron chi connectivity index (χ1n) is 7.06. The fourth-order valence-corrected chi connectivity index (χ4v) is 2.11. The maximum atomic E-state index is 11.9. The summed E-state index contributed by atoms with van der Waals surface area (Å²) in [5.74, 6) is -1.43. The van der Waals surface area contributed by atoms with E-state index < -0.39 is 11.9 Å². The molecule has 0 bridgehead atoms. The van der Waals surface area contributed by atoms with Crippen LogP contribution in [0.5, 0.6) is 0 Å². The van der Waals surface area contributed by atoms with E-state index in [0.717, 1.165) is 6.42 Å². The first-order chi connectivity index (χ1) is 9.54. The van der Waals surface area contributed by atoms with Crippen molar-refractivity contribution in [2.24, 2.45) is 5.92 Å². The van der Waals surface area contributed by atoms with Crippen LogP contribution in [0, 0.1) is 5.92 Å². The van der Waals surface area contributed by atoms with Crippen LogP contribution in [0.15, 0.2) is 0 Å². The second kappa shape index (κ2) is 8.39. The minimum Gasteiger partial charge on any atom is -0.481 e. The van der Waals surface area contributed by atoms with Crippen LogP contribution in [0.25, 0.3) is 0 Å². The lowest BCUT2D eigenvalue weighted by atomic mass is 9.99. The van der Waals surface area contributed by atoms with Gasteiger partial charge in [0.2, 0.25) is 5.91 Å². The van der Waals surface area contributed by atoms with E-state index in [9.17, 15) is 14.4 Å². The summed E-state index contributed by atoms with van der Waals surface area (Å²) in [6.07, 6.45) is 2.42. The topological polar surface area (TPSA) is 98.7 Å². The SMILES string of the molecule is CCCNC(=O)CCNC(=O)N1CCCC(C(=O)O)C1. The van der Waals surface area contributed by atoms with E-state index in [4.69, 9.17) is 5.11 Å². The van der Waals surface area contributed by atoms with Crippen molar-refractivity contribution in [3.05, 3.63) is 0 Å². The fraction of sp³-hybridized carbons (Fsp3) is 0.769. The number of carboxylic acids is 1. The lowest BCUT2D eigenvalue weighted by Crippen LogP contribution is -2.47. The number of nitrogens with zero attached hydrogens (tertiary/aromatic N) is 1. The van der Waals surface area contributed by atoms with Crippen molar-refractivity contribution >= 4 is 17.9 Å². The second-order valence-electron chi connectivity index (χ2n) is 4.96. The first kappa shape index (κ1) is 16.3. The zero-order valence-electron chi connectivity index (χ0n) is 11.9. The largest absolute Gasteiger partial charge is 0.481 e. The molecule has 3 N–H and O–H groups in total. The molecule has 1 heterocycles.